The van der Waals surface area contributed by atoms with Gasteiger partial charge in [0.05, 0.1) is 12.5 Å². The number of hydrogen-bond donors (Lipinski definition) is 2. The van der Waals surface area contributed by atoms with E-state index in [4.69, 9.17) is 9.63 Å². The summed E-state index contributed by atoms with van der Waals surface area (Å²) in [5.74, 6) is 0.376. The van der Waals surface area contributed by atoms with Crippen LogP contribution in [0.3, 0.4) is 0 Å². The lowest BCUT2D eigenvalue weighted by Gasteiger charge is -2.26. The summed E-state index contributed by atoms with van der Waals surface area (Å²) in [4.78, 5) is 15.2. The van der Waals surface area contributed by atoms with Crippen molar-refractivity contribution in [1.82, 2.24) is 15.5 Å². The second-order valence-electron chi connectivity index (χ2n) is 4.74. The van der Waals surface area contributed by atoms with Crippen LogP contribution in [-0.4, -0.2) is 27.3 Å². The Kier molecular flexibility index (Phi) is 4.30. The first-order chi connectivity index (χ1) is 8.69. The molecular formula is C12H19N3O3. The Morgan fingerprint density at radius 3 is 3.06 bits per heavy atom. The summed E-state index contributed by atoms with van der Waals surface area (Å²) in [5, 5.41) is 16.1. The summed E-state index contributed by atoms with van der Waals surface area (Å²) in [5.41, 5.74) is 0. The molecule has 1 aliphatic carbocycles. The molecule has 0 amide bonds. The van der Waals surface area contributed by atoms with E-state index in [1.807, 2.05) is 6.92 Å². The van der Waals surface area contributed by atoms with Crippen molar-refractivity contribution in [1.29, 1.82) is 0 Å². The SMILES string of the molecule is CCc1noc(CNC2CCCC(C(=O)O)C2)n1. The topological polar surface area (TPSA) is 88.2 Å². The molecule has 18 heavy (non-hydrogen) atoms. The smallest absolute Gasteiger partial charge is 0.306 e. The largest absolute Gasteiger partial charge is 0.481 e. The number of aromatic nitrogens is 2. The Balaban J connectivity index is 1.80. The van der Waals surface area contributed by atoms with Gasteiger partial charge in [0.1, 0.15) is 0 Å². The zero-order chi connectivity index (χ0) is 13.0. The van der Waals surface area contributed by atoms with Crippen molar-refractivity contribution in [3.63, 3.8) is 0 Å². The molecule has 0 aromatic carbocycles. The molecular weight excluding hydrogens is 234 g/mol. The van der Waals surface area contributed by atoms with Gasteiger partial charge in [-0.1, -0.05) is 18.5 Å². The fourth-order valence-corrected chi connectivity index (χ4v) is 2.34. The maximum Gasteiger partial charge on any atom is 0.306 e. The molecule has 2 N–H and O–H groups in total. The first-order valence-corrected chi connectivity index (χ1v) is 6.46. The number of aliphatic carboxylic acids is 1. The molecule has 0 bridgehead atoms. The van der Waals surface area contributed by atoms with Crippen LogP contribution in [0.1, 0.15) is 44.3 Å². The average molecular weight is 253 g/mol. The van der Waals surface area contributed by atoms with Gasteiger partial charge in [0.25, 0.3) is 0 Å². The first kappa shape index (κ1) is 13.0. The van der Waals surface area contributed by atoms with E-state index in [0.717, 1.165) is 25.7 Å². The predicted molar refractivity (Wildman–Crippen MR) is 63.9 cm³/mol. The fourth-order valence-electron chi connectivity index (χ4n) is 2.34. The lowest BCUT2D eigenvalue weighted by Crippen LogP contribution is -2.36. The molecule has 0 radical (unpaired) electrons. The molecule has 0 saturated heterocycles. The van der Waals surface area contributed by atoms with Gasteiger partial charge in [-0.3, -0.25) is 4.79 Å². The van der Waals surface area contributed by atoms with E-state index in [9.17, 15) is 4.79 Å². The molecule has 6 nitrogen and oxygen atoms in total. The van der Waals surface area contributed by atoms with Gasteiger partial charge in [0.2, 0.25) is 5.89 Å². The molecule has 0 aliphatic heterocycles. The first-order valence-electron chi connectivity index (χ1n) is 6.46. The van der Waals surface area contributed by atoms with Gasteiger partial charge in [-0.2, -0.15) is 4.98 Å². The summed E-state index contributed by atoms with van der Waals surface area (Å²) in [7, 11) is 0. The molecule has 2 atom stereocenters. The molecule has 1 aliphatic rings. The number of hydrogen-bond acceptors (Lipinski definition) is 5. The normalized spacial score (nSPS) is 24.1. The average Bonchev–Trinajstić information content (AvgIpc) is 2.84. The number of nitrogens with zero attached hydrogens (tertiary/aromatic N) is 2. The number of aryl methyl sites for hydroxylation is 1. The molecule has 1 fully saturated rings. The minimum Gasteiger partial charge on any atom is -0.481 e. The van der Waals surface area contributed by atoms with Gasteiger partial charge in [0, 0.05) is 12.5 Å². The van der Waals surface area contributed by atoms with Gasteiger partial charge >= 0.3 is 5.97 Å². The Hall–Kier alpha value is -1.43. The minimum absolute atomic E-state index is 0.217. The van der Waals surface area contributed by atoms with E-state index in [1.54, 1.807) is 0 Å². The highest BCUT2D eigenvalue weighted by molar-refractivity contribution is 5.70. The van der Waals surface area contributed by atoms with Crippen molar-refractivity contribution in [2.75, 3.05) is 0 Å². The highest BCUT2D eigenvalue weighted by atomic mass is 16.5. The van der Waals surface area contributed by atoms with Gasteiger partial charge in [-0.05, 0) is 19.3 Å². The van der Waals surface area contributed by atoms with Crippen molar-refractivity contribution in [2.24, 2.45) is 5.92 Å². The Morgan fingerprint density at radius 1 is 1.56 bits per heavy atom. The number of carboxylic acid groups (broad SMARTS) is 1. The molecule has 1 saturated carbocycles. The van der Waals surface area contributed by atoms with Crippen molar-refractivity contribution in [3.05, 3.63) is 11.7 Å². The Labute approximate surface area is 106 Å². The monoisotopic (exact) mass is 253 g/mol. The molecule has 2 unspecified atom stereocenters. The predicted octanol–water partition coefficient (Wildman–Crippen LogP) is 1.37. The van der Waals surface area contributed by atoms with Crippen molar-refractivity contribution in [3.8, 4) is 0 Å². The van der Waals surface area contributed by atoms with E-state index in [2.05, 4.69) is 15.5 Å². The Bertz CT molecular complexity index is 405. The van der Waals surface area contributed by atoms with Crippen LogP contribution >= 0.6 is 0 Å². The number of carbonyl (C=O) groups is 1. The molecule has 6 heteroatoms. The van der Waals surface area contributed by atoms with Crippen LogP contribution in [0.2, 0.25) is 0 Å². The molecule has 1 heterocycles. The lowest BCUT2D eigenvalue weighted by molar-refractivity contribution is -0.143. The zero-order valence-corrected chi connectivity index (χ0v) is 10.6. The third kappa shape index (κ3) is 3.29. The summed E-state index contributed by atoms with van der Waals surface area (Å²) in [6.45, 7) is 2.49. The van der Waals surface area contributed by atoms with Gasteiger partial charge in [-0.25, -0.2) is 0 Å². The van der Waals surface area contributed by atoms with Gasteiger partial charge in [-0.15, -0.1) is 0 Å². The molecule has 1 aromatic rings. The second kappa shape index (κ2) is 5.95. The highest BCUT2D eigenvalue weighted by Gasteiger charge is 2.26. The maximum absolute atomic E-state index is 10.9. The van der Waals surface area contributed by atoms with Gasteiger partial charge < -0.3 is 14.9 Å². The van der Waals surface area contributed by atoms with Gasteiger partial charge in [0.15, 0.2) is 5.82 Å². The fraction of sp³-hybridized carbons (Fsp3) is 0.750. The van der Waals surface area contributed by atoms with Crippen LogP contribution in [0.15, 0.2) is 4.52 Å². The van der Waals surface area contributed by atoms with Crippen LogP contribution in [0.5, 0.6) is 0 Å². The van der Waals surface area contributed by atoms with Crippen LogP contribution in [0, 0.1) is 5.92 Å². The molecule has 1 aromatic heterocycles. The maximum atomic E-state index is 10.9. The summed E-state index contributed by atoms with van der Waals surface area (Å²) < 4.78 is 5.08. The molecule has 0 spiro atoms. The third-order valence-corrected chi connectivity index (χ3v) is 3.39. The molecule has 100 valence electrons. The standard InChI is InChI=1S/C12H19N3O3/c1-2-10-14-11(18-15-10)7-13-9-5-3-4-8(6-9)12(16)17/h8-9,13H,2-7H2,1H3,(H,16,17). The molecule has 2 rings (SSSR count). The van der Waals surface area contributed by atoms with Crippen LogP contribution in [-0.2, 0) is 17.8 Å². The van der Waals surface area contributed by atoms with E-state index < -0.39 is 5.97 Å². The van der Waals surface area contributed by atoms with Crippen molar-refractivity contribution < 1.29 is 14.4 Å². The summed E-state index contributed by atoms with van der Waals surface area (Å²) in [6, 6.07) is 0.233. The second-order valence-corrected chi connectivity index (χ2v) is 4.74. The highest BCUT2D eigenvalue weighted by Crippen LogP contribution is 2.24. The Morgan fingerprint density at radius 2 is 2.39 bits per heavy atom. The zero-order valence-electron chi connectivity index (χ0n) is 10.6. The number of nitrogens with one attached hydrogen (secondary N) is 1. The summed E-state index contributed by atoms with van der Waals surface area (Å²) >= 11 is 0. The van der Waals surface area contributed by atoms with E-state index in [0.29, 0.717) is 24.7 Å². The third-order valence-electron chi connectivity index (χ3n) is 3.39. The van der Waals surface area contributed by atoms with Crippen LogP contribution in [0.4, 0.5) is 0 Å². The van der Waals surface area contributed by atoms with Crippen LogP contribution < -0.4 is 5.32 Å². The lowest BCUT2D eigenvalue weighted by atomic mass is 9.86. The summed E-state index contributed by atoms with van der Waals surface area (Å²) in [6.07, 6.45) is 4.20. The van der Waals surface area contributed by atoms with Crippen molar-refractivity contribution in [2.45, 2.75) is 51.6 Å². The minimum atomic E-state index is -0.687. The quantitative estimate of drug-likeness (QED) is 0.823. The number of carboxylic acids is 1. The van der Waals surface area contributed by atoms with E-state index in [1.165, 1.54) is 0 Å². The van der Waals surface area contributed by atoms with Crippen molar-refractivity contribution >= 4 is 5.97 Å². The van der Waals surface area contributed by atoms with E-state index >= 15 is 0 Å². The van der Waals surface area contributed by atoms with E-state index in [-0.39, 0.29) is 12.0 Å². The van der Waals surface area contributed by atoms with Crippen LogP contribution in [0.25, 0.3) is 0 Å². The number of rotatable bonds is 5.